The number of carbonyl (C=O) groups is 1. The predicted molar refractivity (Wildman–Crippen MR) is 103 cm³/mol. The van der Waals surface area contributed by atoms with E-state index >= 15 is 0 Å². The van der Waals surface area contributed by atoms with E-state index in [0.717, 1.165) is 25.2 Å². The molecule has 0 aliphatic heterocycles. The van der Waals surface area contributed by atoms with Crippen LogP contribution in [0.3, 0.4) is 0 Å². The molecule has 0 aliphatic carbocycles. The van der Waals surface area contributed by atoms with Gasteiger partial charge in [-0.05, 0) is 32.1 Å². The summed E-state index contributed by atoms with van der Waals surface area (Å²) in [5.74, 6) is 0.805. The number of carbonyl (C=O) groups excluding carboxylic acids is 1. The van der Waals surface area contributed by atoms with E-state index in [0.29, 0.717) is 18.1 Å². The maximum atomic E-state index is 12.2. The van der Waals surface area contributed by atoms with Gasteiger partial charge in [-0.3, -0.25) is 4.79 Å². The topological polar surface area (TPSA) is 69.3 Å². The van der Waals surface area contributed by atoms with Gasteiger partial charge in [-0.1, -0.05) is 43.7 Å². The molecule has 0 fully saturated rings. The Hall–Kier alpha value is -2.84. The van der Waals surface area contributed by atoms with Crippen LogP contribution in [-0.2, 0) is 4.79 Å². The summed E-state index contributed by atoms with van der Waals surface area (Å²) in [6.45, 7) is 9.31. The Morgan fingerprint density at radius 1 is 1.19 bits per heavy atom. The van der Waals surface area contributed by atoms with Crippen LogP contribution in [0, 0.1) is 18.3 Å². The quantitative estimate of drug-likeness (QED) is 0.582. The fourth-order valence-corrected chi connectivity index (χ4v) is 2.56. The molecule has 0 aliphatic rings. The monoisotopic (exact) mass is 351 g/mol. The van der Waals surface area contributed by atoms with Gasteiger partial charge in [0.05, 0.1) is 0 Å². The summed E-state index contributed by atoms with van der Waals surface area (Å²) in [5, 5.41) is 12.1. The normalized spacial score (nSPS) is 11.4. The third-order valence-electron chi connectivity index (χ3n) is 4.22. The van der Waals surface area contributed by atoms with Crippen molar-refractivity contribution in [3.63, 3.8) is 0 Å². The lowest BCUT2D eigenvalue weighted by Gasteiger charge is -2.17. The van der Waals surface area contributed by atoms with E-state index in [1.807, 2.05) is 43.3 Å². The lowest BCUT2D eigenvalue weighted by atomic mass is 10.1. The maximum absolute atomic E-state index is 12.2. The summed E-state index contributed by atoms with van der Waals surface area (Å²) in [5.41, 5.74) is 2.17. The molecule has 1 heterocycles. The zero-order chi connectivity index (χ0) is 18.9. The van der Waals surface area contributed by atoms with Crippen molar-refractivity contribution in [2.45, 2.75) is 20.8 Å². The molecule has 0 spiro atoms. The van der Waals surface area contributed by atoms with Gasteiger partial charge in [0, 0.05) is 24.7 Å². The molecule has 2 aromatic rings. The summed E-state index contributed by atoms with van der Waals surface area (Å²) in [7, 11) is 0. The van der Waals surface area contributed by atoms with Crippen molar-refractivity contribution in [3.05, 3.63) is 53.3 Å². The number of hydrogen-bond acceptors (Lipinski definition) is 4. The third-order valence-corrected chi connectivity index (χ3v) is 4.22. The number of nitriles is 1. The summed E-state index contributed by atoms with van der Waals surface area (Å²) < 4.78 is 5.75. The van der Waals surface area contributed by atoms with Crippen molar-refractivity contribution in [3.8, 4) is 17.4 Å². The first-order chi connectivity index (χ1) is 12.6. The molecule has 5 heteroatoms. The third kappa shape index (κ3) is 5.33. The fraction of sp³-hybridized carbons (Fsp3) is 0.333. The molecular weight excluding hydrogens is 326 g/mol. The number of benzene rings is 1. The Labute approximate surface area is 154 Å². The first-order valence-corrected chi connectivity index (χ1v) is 8.86. The second kappa shape index (κ2) is 9.59. The number of amides is 1. The van der Waals surface area contributed by atoms with Gasteiger partial charge in [0.15, 0.2) is 0 Å². The Morgan fingerprint density at radius 3 is 2.50 bits per heavy atom. The highest BCUT2D eigenvalue weighted by Crippen LogP contribution is 2.23. The largest absolute Gasteiger partial charge is 0.457 e. The minimum atomic E-state index is -0.382. The molecule has 0 atom stereocenters. The summed E-state index contributed by atoms with van der Waals surface area (Å²) >= 11 is 0. The molecule has 0 bridgehead atoms. The summed E-state index contributed by atoms with van der Waals surface area (Å²) in [6.07, 6.45) is 1.48. The first kappa shape index (κ1) is 19.5. The van der Waals surface area contributed by atoms with E-state index < -0.39 is 0 Å². The van der Waals surface area contributed by atoms with Crippen molar-refractivity contribution >= 4 is 12.0 Å². The van der Waals surface area contributed by atoms with Crippen molar-refractivity contribution in [1.29, 1.82) is 5.26 Å². The molecule has 26 heavy (non-hydrogen) atoms. The van der Waals surface area contributed by atoms with E-state index in [4.69, 9.17) is 4.42 Å². The van der Waals surface area contributed by atoms with Crippen LogP contribution in [0.2, 0.25) is 0 Å². The Kier molecular flexibility index (Phi) is 7.19. The summed E-state index contributed by atoms with van der Waals surface area (Å²) in [4.78, 5) is 14.4. The zero-order valence-corrected chi connectivity index (χ0v) is 15.6. The number of hydrogen-bond donors (Lipinski definition) is 1. The SMILES string of the molecule is CCN(CC)CCNC(=O)/C(C#N)=C/c1ccc(-c2ccc(C)cc2)o1. The van der Waals surface area contributed by atoms with Crippen molar-refractivity contribution < 1.29 is 9.21 Å². The molecule has 1 aromatic heterocycles. The number of aryl methyl sites for hydroxylation is 1. The van der Waals surface area contributed by atoms with Crippen molar-refractivity contribution in [1.82, 2.24) is 10.2 Å². The first-order valence-electron chi connectivity index (χ1n) is 8.86. The number of furan rings is 1. The van der Waals surface area contributed by atoms with Crippen LogP contribution in [0.4, 0.5) is 0 Å². The van der Waals surface area contributed by atoms with Crippen LogP contribution in [0.1, 0.15) is 25.2 Å². The second-order valence-electron chi connectivity index (χ2n) is 6.02. The highest BCUT2D eigenvalue weighted by atomic mass is 16.3. The van der Waals surface area contributed by atoms with Crippen LogP contribution < -0.4 is 5.32 Å². The minimum Gasteiger partial charge on any atom is -0.457 e. The lowest BCUT2D eigenvalue weighted by Crippen LogP contribution is -2.35. The van der Waals surface area contributed by atoms with Crippen LogP contribution in [0.15, 0.2) is 46.4 Å². The number of nitrogens with one attached hydrogen (secondary N) is 1. The molecule has 0 radical (unpaired) electrons. The predicted octanol–water partition coefficient (Wildman–Crippen LogP) is 3.62. The molecule has 1 amide bonds. The van der Waals surface area contributed by atoms with Crippen molar-refractivity contribution in [2.24, 2.45) is 0 Å². The highest BCUT2D eigenvalue weighted by molar-refractivity contribution is 6.01. The molecule has 0 unspecified atom stereocenters. The maximum Gasteiger partial charge on any atom is 0.262 e. The number of likely N-dealkylation sites (N-methyl/N-ethyl adjacent to an activating group) is 1. The number of nitrogens with zero attached hydrogens (tertiary/aromatic N) is 2. The van der Waals surface area contributed by atoms with Gasteiger partial charge in [0.2, 0.25) is 0 Å². The van der Waals surface area contributed by atoms with Crippen LogP contribution in [0.25, 0.3) is 17.4 Å². The zero-order valence-electron chi connectivity index (χ0n) is 15.6. The second-order valence-corrected chi connectivity index (χ2v) is 6.02. The van der Waals surface area contributed by atoms with E-state index in [9.17, 15) is 10.1 Å². The van der Waals surface area contributed by atoms with Crippen LogP contribution in [-0.4, -0.2) is 37.0 Å². The van der Waals surface area contributed by atoms with E-state index in [2.05, 4.69) is 24.1 Å². The molecule has 1 aromatic carbocycles. The molecule has 0 saturated carbocycles. The minimum absolute atomic E-state index is 0.0364. The Bertz CT molecular complexity index is 793. The van der Waals surface area contributed by atoms with Gasteiger partial charge in [0.1, 0.15) is 23.2 Å². The molecule has 2 rings (SSSR count). The van der Waals surface area contributed by atoms with Gasteiger partial charge in [-0.25, -0.2) is 0 Å². The number of rotatable bonds is 8. The Morgan fingerprint density at radius 2 is 1.88 bits per heavy atom. The molecule has 136 valence electrons. The lowest BCUT2D eigenvalue weighted by molar-refractivity contribution is -0.117. The van der Waals surface area contributed by atoms with E-state index in [1.54, 1.807) is 6.07 Å². The standard InChI is InChI=1S/C21H25N3O2/c1-4-24(5-2)13-12-23-21(25)18(15-22)14-19-10-11-20(26-19)17-8-6-16(3)7-9-17/h6-11,14H,4-5,12-13H2,1-3H3,(H,23,25)/b18-14+. The molecule has 1 N–H and O–H groups in total. The van der Waals surface area contributed by atoms with E-state index in [-0.39, 0.29) is 11.5 Å². The molecule has 5 nitrogen and oxygen atoms in total. The van der Waals surface area contributed by atoms with Gasteiger partial charge in [-0.2, -0.15) is 5.26 Å². The van der Waals surface area contributed by atoms with Crippen LogP contribution >= 0.6 is 0 Å². The van der Waals surface area contributed by atoms with Crippen molar-refractivity contribution in [2.75, 3.05) is 26.2 Å². The summed E-state index contributed by atoms with van der Waals surface area (Å²) in [6, 6.07) is 13.5. The average molecular weight is 351 g/mol. The van der Waals surface area contributed by atoms with E-state index in [1.165, 1.54) is 11.6 Å². The van der Waals surface area contributed by atoms with Gasteiger partial charge in [0.25, 0.3) is 5.91 Å². The molecule has 0 saturated heterocycles. The van der Waals surface area contributed by atoms with Gasteiger partial charge < -0.3 is 14.6 Å². The fourth-order valence-electron chi connectivity index (χ4n) is 2.56. The average Bonchev–Trinajstić information content (AvgIpc) is 3.12. The van der Waals surface area contributed by atoms with Gasteiger partial charge >= 0.3 is 0 Å². The van der Waals surface area contributed by atoms with Gasteiger partial charge in [-0.15, -0.1) is 0 Å². The highest BCUT2D eigenvalue weighted by Gasteiger charge is 2.11. The van der Waals surface area contributed by atoms with Crippen LogP contribution in [0.5, 0.6) is 0 Å². The smallest absolute Gasteiger partial charge is 0.262 e. The Balaban J connectivity index is 2.03. The molecular formula is C21H25N3O2.